The van der Waals surface area contributed by atoms with Gasteiger partial charge in [0.2, 0.25) is 11.8 Å². The van der Waals surface area contributed by atoms with Gasteiger partial charge in [0.05, 0.1) is 30.6 Å². The topological polar surface area (TPSA) is 100 Å². The van der Waals surface area contributed by atoms with Crippen LogP contribution in [0.25, 0.3) is 0 Å². The van der Waals surface area contributed by atoms with E-state index >= 15 is 0 Å². The van der Waals surface area contributed by atoms with E-state index in [-0.39, 0.29) is 55.0 Å². The van der Waals surface area contributed by atoms with E-state index in [1.165, 1.54) is 16.9 Å². The molecule has 0 unspecified atom stereocenters. The fourth-order valence-corrected chi connectivity index (χ4v) is 7.01. The smallest absolute Gasteiger partial charge is 0.257 e. The Bertz CT molecular complexity index is 1430. The lowest BCUT2D eigenvalue weighted by atomic mass is 9.94. The highest BCUT2D eigenvalue weighted by Crippen LogP contribution is 2.32. The fourth-order valence-electron chi connectivity index (χ4n) is 6.31. The maximum absolute atomic E-state index is 13.5. The van der Waals surface area contributed by atoms with Crippen LogP contribution in [0.1, 0.15) is 46.5 Å². The zero-order chi connectivity index (χ0) is 29.8. The van der Waals surface area contributed by atoms with Crippen molar-refractivity contribution in [1.82, 2.24) is 15.1 Å². The monoisotopic (exact) mass is 602 g/mol. The van der Waals surface area contributed by atoms with Crippen LogP contribution in [0.3, 0.4) is 0 Å². The molecule has 3 aliphatic rings. The Balaban J connectivity index is 1.02. The summed E-state index contributed by atoms with van der Waals surface area (Å²) >= 11 is 1.53. The van der Waals surface area contributed by atoms with E-state index in [2.05, 4.69) is 39.8 Å². The minimum Gasteiger partial charge on any atom is -0.490 e. The van der Waals surface area contributed by atoms with Gasteiger partial charge in [-0.25, -0.2) is 0 Å². The number of amides is 3. The van der Waals surface area contributed by atoms with Crippen molar-refractivity contribution in [3.63, 3.8) is 0 Å². The van der Waals surface area contributed by atoms with E-state index in [0.717, 1.165) is 37.4 Å². The van der Waals surface area contributed by atoms with Gasteiger partial charge in [-0.3, -0.25) is 19.3 Å². The molecule has 10 heteroatoms. The molecule has 4 heterocycles. The maximum Gasteiger partial charge on any atom is 0.257 e. The molecule has 0 saturated carbocycles. The molecule has 2 saturated heterocycles. The molecule has 0 spiro atoms. The van der Waals surface area contributed by atoms with Crippen molar-refractivity contribution in [3.05, 3.63) is 82.0 Å². The molecule has 3 amide bonds. The number of hydrogen-bond acceptors (Lipinski definition) is 7. The van der Waals surface area contributed by atoms with Gasteiger partial charge in [0.15, 0.2) is 0 Å². The lowest BCUT2D eigenvalue weighted by molar-refractivity contribution is -0.134. The van der Waals surface area contributed by atoms with Gasteiger partial charge in [-0.1, -0.05) is 36.4 Å². The number of rotatable bonds is 8. The predicted molar refractivity (Wildman–Crippen MR) is 165 cm³/mol. The Morgan fingerprint density at radius 3 is 2.70 bits per heavy atom. The van der Waals surface area contributed by atoms with Gasteiger partial charge in [0.25, 0.3) is 5.91 Å². The van der Waals surface area contributed by atoms with Crippen molar-refractivity contribution in [2.45, 2.75) is 62.9 Å². The summed E-state index contributed by atoms with van der Waals surface area (Å²) in [6, 6.07) is 19.4. The van der Waals surface area contributed by atoms with Crippen molar-refractivity contribution in [1.29, 1.82) is 0 Å². The summed E-state index contributed by atoms with van der Waals surface area (Å²) in [6.45, 7) is 2.97. The van der Waals surface area contributed by atoms with Crippen LogP contribution in [0.15, 0.2) is 66.0 Å². The average Bonchev–Trinajstić information content (AvgIpc) is 3.67. The van der Waals surface area contributed by atoms with Crippen molar-refractivity contribution < 1.29 is 23.9 Å². The molecule has 1 aromatic heterocycles. The normalized spacial score (nSPS) is 23.8. The van der Waals surface area contributed by atoms with Gasteiger partial charge in [-0.15, -0.1) is 11.3 Å². The first-order chi connectivity index (χ1) is 20.9. The zero-order valence-electron chi connectivity index (χ0n) is 24.4. The predicted octanol–water partition coefficient (Wildman–Crippen LogP) is 4.09. The van der Waals surface area contributed by atoms with Crippen LogP contribution in [0.4, 0.5) is 5.69 Å². The van der Waals surface area contributed by atoms with Crippen LogP contribution in [0.5, 0.6) is 5.75 Å². The van der Waals surface area contributed by atoms with Gasteiger partial charge >= 0.3 is 0 Å². The molecule has 0 bridgehead atoms. The highest BCUT2D eigenvalue weighted by Gasteiger charge is 2.39. The van der Waals surface area contributed by atoms with Crippen molar-refractivity contribution in [2.75, 3.05) is 32.1 Å². The minimum absolute atomic E-state index is 0.00482. The van der Waals surface area contributed by atoms with Gasteiger partial charge in [-0.2, -0.15) is 0 Å². The number of anilines is 1. The summed E-state index contributed by atoms with van der Waals surface area (Å²) in [7, 11) is 1.79. The molecule has 3 aromatic rings. The number of hydrogen-bond donors (Lipinski definition) is 2. The molecule has 6 rings (SSSR count). The van der Waals surface area contributed by atoms with E-state index in [0.29, 0.717) is 29.8 Å². The molecule has 0 aliphatic carbocycles. The second-order valence-electron chi connectivity index (χ2n) is 11.7. The van der Waals surface area contributed by atoms with E-state index in [4.69, 9.17) is 9.47 Å². The van der Waals surface area contributed by atoms with Gasteiger partial charge < -0.3 is 25.0 Å². The molecule has 9 nitrogen and oxygen atoms in total. The lowest BCUT2D eigenvalue weighted by Crippen LogP contribution is -2.54. The lowest BCUT2D eigenvalue weighted by Gasteiger charge is -2.42. The largest absolute Gasteiger partial charge is 0.490 e. The van der Waals surface area contributed by atoms with Crippen LogP contribution in [0, 0.1) is 0 Å². The molecule has 2 fully saturated rings. The van der Waals surface area contributed by atoms with Crippen molar-refractivity contribution in [2.24, 2.45) is 0 Å². The number of fused-ring (bicyclic) bond motifs is 2. The van der Waals surface area contributed by atoms with Gasteiger partial charge in [0, 0.05) is 43.3 Å². The van der Waals surface area contributed by atoms with Crippen LogP contribution < -0.4 is 15.4 Å². The number of thiophene rings is 1. The molecular weight excluding hydrogens is 564 g/mol. The molecule has 0 radical (unpaired) electrons. The summed E-state index contributed by atoms with van der Waals surface area (Å²) < 4.78 is 12.5. The molecule has 226 valence electrons. The number of carbonyl (C=O) groups excluding carboxylic acids is 3. The molecule has 43 heavy (non-hydrogen) atoms. The second-order valence-corrected chi connectivity index (χ2v) is 12.7. The van der Waals surface area contributed by atoms with E-state index in [9.17, 15) is 14.4 Å². The summed E-state index contributed by atoms with van der Waals surface area (Å²) in [5, 5.41) is 8.05. The zero-order valence-corrected chi connectivity index (χ0v) is 25.2. The van der Waals surface area contributed by atoms with E-state index < -0.39 is 0 Å². The first-order valence-corrected chi connectivity index (χ1v) is 15.9. The summed E-state index contributed by atoms with van der Waals surface area (Å²) in [6.07, 6.45) is 2.35. The van der Waals surface area contributed by atoms with Crippen molar-refractivity contribution >= 4 is 34.7 Å². The quantitative estimate of drug-likeness (QED) is 0.403. The Labute approximate surface area is 256 Å². The summed E-state index contributed by atoms with van der Waals surface area (Å²) in [5.74, 6) is 0.143. The van der Waals surface area contributed by atoms with Crippen molar-refractivity contribution in [3.8, 4) is 5.75 Å². The first-order valence-electron chi connectivity index (χ1n) is 15.0. The molecule has 2 aromatic carbocycles. The molecule has 3 aliphatic heterocycles. The Kier molecular flexibility index (Phi) is 9.06. The van der Waals surface area contributed by atoms with Gasteiger partial charge in [-0.05, 0) is 54.5 Å². The molecule has 2 N–H and O–H groups in total. The number of benzene rings is 2. The third-order valence-electron chi connectivity index (χ3n) is 8.51. The van der Waals surface area contributed by atoms with Crippen LogP contribution in [-0.2, 0) is 27.3 Å². The second kappa shape index (κ2) is 13.3. The number of likely N-dealkylation sites (tertiary alicyclic amines) is 1. The summed E-state index contributed by atoms with van der Waals surface area (Å²) in [5.41, 5.74) is 2.25. The first kappa shape index (κ1) is 29.3. The Morgan fingerprint density at radius 2 is 1.88 bits per heavy atom. The van der Waals surface area contributed by atoms with Crippen LogP contribution >= 0.6 is 11.3 Å². The number of likely N-dealkylation sites (N-methyl/N-ethyl adjacent to an activating group) is 1. The van der Waals surface area contributed by atoms with E-state index in [1.807, 2.05) is 23.6 Å². The highest BCUT2D eigenvalue weighted by atomic mass is 32.1. The summed E-state index contributed by atoms with van der Waals surface area (Å²) in [4.78, 5) is 44.1. The fraction of sp³-hybridized carbons (Fsp3) is 0.424. The molecule has 4 atom stereocenters. The number of carbonyl (C=O) groups is 3. The van der Waals surface area contributed by atoms with E-state index in [1.54, 1.807) is 30.1 Å². The van der Waals surface area contributed by atoms with Crippen LogP contribution in [-0.4, -0.2) is 78.6 Å². The Hall–Kier alpha value is -3.73. The average molecular weight is 603 g/mol. The molecular formula is C33H38N4O5S. The number of nitrogens with zero attached hydrogens (tertiary/aromatic N) is 2. The minimum atomic E-state index is -0.341. The Morgan fingerprint density at radius 1 is 1.02 bits per heavy atom. The third kappa shape index (κ3) is 7.26. The third-order valence-corrected chi connectivity index (χ3v) is 9.39. The highest BCUT2D eigenvalue weighted by molar-refractivity contribution is 7.10. The maximum atomic E-state index is 13.5. The number of nitrogens with one attached hydrogen (secondary N) is 2. The van der Waals surface area contributed by atoms with Crippen LogP contribution in [0.2, 0.25) is 0 Å². The number of ether oxygens (including phenoxy) is 2. The van der Waals surface area contributed by atoms with Gasteiger partial charge in [0.1, 0.15) is 18.5 Å². The SMILES string of the molecule is CN1C(=O)c2cc(NC(=O)Cc3cccs3)ccc2OC[C@@H]2O[C@@H](CC(=O)N[C@@H]3CCN(Cc4ccccc4)C3)CC[C@H]21. The standard InChI is InChI=1S/C33H38N4O5S/c1-36-28-11-10-25(17-31(38)35-24-13-14-37(20-24)19-22-6-3-2-4-7-22)42-30(28)21-41-29-12-9-23(16-27(29)33(36)40)34-32(39)18-26-8-5-15-43-26/h2-9,12,15-16,24-25,28,30H,10-11,13-14,17-21H2,1H3,(H,34,39)(H,35,38)/t24-,25-,28-,30+/m1/s1.